The number of hydrogen-bond acceptors (Lipinski definition) is 6. The van der Waals surface area contributed by atoms with Gasteiger partial charge in [-0.15, -0.1) is 5.10 Å². The molecule has 0 unspecified atom stereocenters. The van der Waals surface area contributed by atoms with E-state index in [1.165, 1.54) is 4.68 Å². The van der Waals surface area contributed by atoms with Gasteiger partial charge < -0.3 is 9.64 Å². The molecular formula is C15H13BrCl3N5O2. The molecule has 1 aliphatic heterocycles. The molecule has 0 saturated carbocycles. The zero-order valence-corrected chi connectivity index (χ0v) is 17.1. The van der Waals surface area contributed by atoms with Gasteiger partial charge in [-0.1, -0.05) is 50.7 Å². The summed E-state index contributed by atoms with van der Waals surface area (Å²) in [6, 6.07) is 7.28. The summed E-state index contributed by atoms with van der Waals surface area (Å²) in [4.78, 5) is 14.6. The van der Waals surface area contributed by atoms with E-state index in [4.69, 9.17) is 39.5 Å². The summed E-state index contributed by atoms with van der Waals surface area (Å²) in [5.74, 6) is -0.516. The van der Waals surface area contributed by atoms with E-state index in [9.17, 15) is 4.79 Å². The van der Waals surface area contributed by atoms with E-state index in [1.54, 1.807) is 18.3 Å². The Labute approximate surface area is 173 Å². The molecule has 1 aromatic carbocycles. The summed E-state index contributed by atoms with van der Waals surface area (Å²) in [6.07, 6.45) is 1.62. The lowest BCUT2D eigenvalue weighted by Crippen LogP contribution is -2.33. The second-order valence-corrected chi connectivity index (χ2v) is 8.61. The highest BCUT2D eigenvalue weighted by molar-refractivity contribution is 9.10. The number of nitrogens with zero attached hydrogens (tertiary/aromatic N) is 5. The number of allylic oxidation sites excluding steroid dienone is 1. The molecule has 2 aromatic rings. The predicted molar refractivity (Wildman–Crippen MR) is 103 cm³/mol. The average molecular weight is 482 g/mol. The smallest absolute Gasteiger partial charge is 0.253 e. The van der Waals surface area contributed by atoms with E-state index in [-0.39, 0.29) is 11.4 Å². The highest BCUT2D eigenvalue weighted by atomic mass is 79.9. The van der Waals surface area contributed by atoms with E-state index >= 15 is 0 Å². The van der Waals surface area contributed by atoms with E-state index in [2.05, 4.69) is 31.5 Å². The predicted octanol–water partition coefficient (Wildman–Crippen LogP) is 3.04. The molecule has 1 saturated heterocycles. The van der Waals surface area contributed by atoms with Crippen LogP contribution in [0, 0.1) is 0 Å². The maximum Gasteiger partial charge on any atom is 0.253 e. The Morgan fingerprint density at radius 3 is 2.46 bits per heavy atom. The second-order valence-electron chi connectivity index (χ2n) is 5.41. The minimum absolute atomic E-state index is 0.111. The van der Waals surface area contributed by atoms with Crippen molar-refractivity contribution in [3.8, 4) is 5.69 Å². The van der Waals surface area contributed by atoms with Crippen molar-refractivity contribution in [2.24, 2.45) is 0 Å². The molecule has 0 atom stereocenters. The molecule has 0 bridgehead atoms. The van der Waals surface area contributed by atoms with Crippen molar-refractivity contribution in [1.29, 1.82) is 0 Å². The number of tetrazole rings is 1. The lowest BCUT2D eigenvalue weighted by atomic mass is 10.1. The molecule has 26 heavy (non-hydrogen) atoms. The van der Waals surface area contributed by atoms with Crippen LogP contribution in [0.4, 0.5) is 0 Å². The first-order valence-corrected chi connectivity index (χ1v) is 9.49. The first kappa shape index (κ1) is 19.6. The molecule has 1 fully saturated rings. The van der Waals surface area contributed by atoms with Crippen LogP contribution in [0.2, 0.25) is 0 Å². The van der Waals surface area contributed by atoms with E-state index < -0.39 is 9.58 Å². The van der Waals surface area contributed by atoms with Gasteiger partial charge in [-0.2, -0.15) is 4.68 Å². The number of Topliss-reactive ketones (excluding diaryl/α,β-unsaturated/α-hetero) is 1. The van der Waals surface area contributed by atoms with Crippen LogP contribution in [0.25, 0.3) is 11.3 Å². The van der Waals surface area contributed by atoms with Gasteiger partial charge >= 0.3 is 0 Å². The number of hydrogen-bond donors (Lipinski definition) is 0. The Balaban J connectivity index is 2.05. The van der Waals surface area contributed by atoms with Crippen LogP contribution in [-0.2, 0) is 9.53 Å². The fraction of sp³-hybridized carbons (Fsp3) is 0.333. The number of halogens is 4. The minimum Gasteiger partial charge on any atom is -0.378 e. The van der Waals surface area contributed by atoms with Crippen molar-refractivity contribution in [3.63, 3.8) is 0 Å². The Hall–Kier alpha value is -1.19. The number of ketones is 1. The highest BCUT2D eigenvalue weighted by Gasteiger charge is 2.37. The third kappa shape index (κ3) is 4.55. The maximum atomic E-state index is 12.7. The van der Waals surface area contributed by atoms with Gasteiger partial charge in [0, 0.05) is 23.8 Å². The van der Waals surface area contributed by atoms with Crippen LogP contribution >= 0.6 is 50.7 Å². The average Bonchev–Trinajstić information content (AvgIpc) is 3.09. The van der Waals surface area contributed by atoms with E-state index in [1.807, 2.05) is 17.0 Å². The second kappa shape index (κ2) is 8.22. The molecule has 138 valence electrons. The molecule has 0 aliphatic carbocycles. The standard InChI is InChI=1S/C15H13BrCl3N5O2/c16-10-1-3-11(4-2-10)24-14(20-21-22-24)12(13(25)15(17,18)19)9-23-5-7-26-8-6-23/h1-4,9H,5-8H2. The number of aromatic nitrogens is 4. The monoisotopic (exact) mass is 479 g/mol. The number of ether oxygens (including phenoxy) is 1. The number of carbonyl (C=O) groups is 1. The zero-order valence-electron chi connectivity index (χ0n) is 13.3. The van der Waals surface area contributed by atoms with Crippen LogP contribution in [0.1, 0.15) is 5.82 Å². The third-order valence-corrected chi connectivity index (χ3v) is 4.68. The van der Waals surface area contributed by atoms with Crippen LogP contribution in [0.15, 0.2) is 34.9 Å². The molecular weight excluding hydrogens is 468 g/mol. The van der Waals surface area contributed by atoms with E-state index in [0.29, 0.717) is 32.0 Å². The van der Waals surface area contributed by atoms with Gasteiger partial charge in [0.25, 0.3) is 3.79 Å². The Morgan fingerprint density at radius 1 is 1.19 bits per heavy atom. The normalized spacial score (nSPS) is 16.0. The molecule has 0 spiro atoms. The summed E-state index contributed by atoms with van der Waals surface area (Å²) in [7, 11) is 0. The van der Waals surface area contributed by atoms with Crippen LogP contribution < -0.4 is 0 Å². The van der Waals surface area contributed by atoms with Gasteiger partial charge in [0.15, 0.2) is 5.82 Å². The Morgan fingerprint density at radius 2 is 1.85 bits per heavy atom. The van der Waals surface area contributed by atoms with Gasteiger partial charge in [-0.3, -0.25) is 4.79 Å². The Bertz CT molecular complexity index is 813. The zero-order chi connectivity index (χ0) is 18.7. The number of rotatable bonds is 4. The van der Waals surface area contributed by atoms with Crippen molar-refractivity contribution in [2.45, 2.75) is 3.79 Å². The van der Waals surface area contributed by atoms with Crippen LogP contribution in [0.5, 0.6) is 0 Å². The first-order chi connectivity index (χ1) is 12.4. The van der Waals surface area contributed by atoms with Crippen LogP contribution in [-0.4, -0.2) is 61.0 Å². The fourth-order valence-electron chi connectivity index (χ4n) is 2.37. The van der Waals surface area contributed by atoms with Gasteiger partial charge in [0.05, 0.1) is 24.5 Å². The van der Waals surface area contributed by atoms with Crippen LogP contribution in [0.3, 0.4) is 0 Å². The van der Waals surface area contributed by atoms with Gasteiger partial charge in [-0.05, 0) is 34.7 Å². The number of alkyl halides is 3. The van der Waals surface area contributed by atoms with Crippen molar-refractivity contribution < 1.29 is 9.53 Å². The molecule has 0 amide bonds. The third-order valence-electron chi connectivity index (χ3n) is 3.64. The summed E-state index contributed by atoms with van der Waals surface area (Å²) < 4.78 is 5.51. The van der Waals surface area contributed by atoms with E-state index in [0.717, 1.165) is 4.47 Å². The number of carbonyl (C=O) groups excluding carboxylic acids is 1. The largest absolute Gasteiger partial charge is 0.378 e. The maximum absolute atomic E-state index is 12.7. The minimum atomic E-state index is -2.13. The van der Waals surface area contributed by atoms with Gasteiger partial charge in [0.1, 0.15) is 0 Å². The molecule has 1 aliphatic rings. The van der Waals surface area contributed by atoms with Gasteiger partial charge in [0.2, 0.25) is 5.78 Å². The first-order valence-electron chi connectivity index (χ1n) is 7.56. The molecule has 11 heteroatoms. The SMILES string of the molecule is O=C(C(=CN1CCOCC1)c1nnnn1-c1ccc(Br)cc1)C(Cl)(Cl)Cl. The fourth-order valence-corrected chi connectivity index (χ4v) is 2.94. The van der Waals surface area contributed by atoms with Crippen molar-refractivity contribution in [2.75, 3.05) is 26.3 Å². The molecule has 0 N–H and O–H groups in total. The summed E-state index contributed by atoms with van der Waals surface area (Å²) in [5, 5.41) is 11.6. The Kier molecular flexibility index (Phi) is 6.19. The molecule has 2 heterocycles. The summed E-state index contributed by atoms with van der Waals surface area (Å²) >= 11 is 20.9. The quantitative estimate of drug-likeness (QED) is 0.494. The summed E-state index contributed by atoms with van der Waals surface area (Å²) in [6.45, 7) is 2.31. The highest BCUT2D eigenvalue weighted by Crippen LogP contribution is 2.33. The lowest BCUT2D eigenvalue weighted by Gasteiger charge is -2.26. The molecule has 3 rings (SSSR count). The van der Waals surface area contributed by atoms with Crippen molar-refractivity contribution in [3.05, 3.63) is 40.8 Å². The molecule has 0 radical (unpaired) electrons. The topological polar surface area (TPSA) is 73.1 Å². The lowest BCUT2D eigenvalue weighted by molar-refractivity contribution is -0.113. The van der Waals surface area contributed by atoms with Gasteiger partial charge in [-0.25, -0.2) is 0 Å². The summed E-state index contributed by atoms with van der Waals surface area (Å²) in [5.41, 5.74) is 0.776. The van der Waals surface area contributed by atoms with Crippen molar-refractivity contribution in [1.82, 2.24) is 25.1 Å². The molecule has 7 nitrogen and oxygen atoms in total. The van der Waals surface area contributed by atoms with Crippen molar-refractivity contribution >= 4 is 62.1 Å². The molecule has 1 aromatic heterocycles. The number of benzene rings is 1. The number of morpholine rings is 1.